The van der Waals surface area contributed by atoms with E-state index in [1.165, 1.54) is 0 Å². The summed E-state index contributed by atoms with van der Waals surface area (Å²) in [5.74, 6) is 0.588. The van der Waals surface area contributed by atoms with Gasteiger partial charge in [-0.25, -0.2) is 0 Å². The molecule has 0 spiro atoms. The second kappa shape index (κ2) is 6.38. The number of para-hydroxylation sites is 1. The molecule has 0 bridgehead atoms. The topological polar surface area (TPSA) is 71.2 Å². The highest BCUT2D eigenvalue weighted by Gasteiger charge is 2.12. The number of H-pyrrole nitrogens is 1. The van der Waals surface area contributed by atoms with E-state index in [1.807, 2.05) is 24.3 Å². The van der Waals surface area contributed by atoms with E-state index >= 15 is 0 Å². The van der Waals surface area contributed by atoms with Crippen LogP contribution >= 0.6 is 11.3 Å². The van der Waals surface area contributed by atoms with Gasteiger partial charge in [0, 0.05) is 12.2 Å². The molecule has 1 aromatic heterocycles. The number of hydrogen-bond donors (Lipinski definition) is 2. The summed E-state index contributed by atoms with van der Waals surface area (Å²) in [6.07, 6.45) is 0.675. The fourth-order valence-corrected chi connectivity index (χ4v) is 2.68. The first-order valence-corrected chi connectivity index (χ1v) is 7.03. The van der Waals surface area contributed by atoms with Gasteiger partial charge in [-0.2, -0.15) is 0 Å². The molecule has 2 aromatic rings. The van der Waals surface area contributed by atoms with Gasteiger partial charge in [-0.3, -0.25) is 9.59 Å². The minimum absolute atomic E-state index is 0.211. The van der Waals surface area contributed by atoms with Gasteiger partial charge in [0.1, 0.15) is 10.6 Å². The van der Waals surface area contributed by atoms with E-state index in [9.17, 15) is 9.59 Å². The van der Waals surface area contributed by atoms with Gasteiger partial charge in [-0.05, 0) is 25.0 Å². The second-order valence-corrected chi connectivity index (χ2v) is 5.27. The van der Waals surface area contributed by atoms with Crippen molar-refractivity contribution in [3.63, 3.8) is 0 Å². The van der Waals surface area contributed by atoms with E-state index in [-0.39, 0.29) is 10.8 Å². The van der Waals surface area contributed by atoms with Gasteiger partial charge in [-0.1, -0.05) is 29.5 Å². The molecule has 0 aliphatic carbocycles. The number of methoxy groups -OCH3 is 1. The number of nitrogens with one attached hydrogen (secondary N) is 2. The normalized spacial score (nSPS) is 10.3. The van der Waals surface area contributed by atoms with E-state index in [4.69, 9.17) is 4.74 Å². The Kier molecular flexibility index (Phi) is 4.57. The molecule has 0 saturated carbocycles. The molecule has 5 nitrogen and oxygen atoms in total. The predicted molar refractivity (Wildman–Crippen MR) is 78.7 cm³/mol. The molecule has 0 aliphatic heterocycles. The summed E-state index contributed by atoms with van der Waals surface area (Å²) in [5, 5.41) is 2.81. The van der Waals surface area contributed by atoms with E-state index in [0.29, 0.717) is 23.5 Å². The number of ether oxygens (including phenoxy) is 1. The monoisotopic (exact) mass is 292 g/mol. The van der Waals surface area contributed by atoms with E-state index < -0.39 is 0 Å². The summed E-state index contributed by atoms with van der Waals surface area (Å²) >= 11 is 0.929. The Morgan fingerprint density at radius 3 is 2.80 bits per heavy atom. The fourth-order valence-electron chi connectivity index (χ4n) is 1.92. The van der Waals surface area contributed by atoms with Crippen molar-refractivity contribution < 1.29 is 9.53 Å². The van der Waals surface area contributed by atoms with Gasteiger partial charge in [0.05, 0.1) is 7.11 Å². The molecule has 1 aromatic carbocycles. The molecule has 0 atom stereocenters. The van der Waals surface area contributed by atoms with Crippen molar-refractivity contribution in [2.24, 2.45) is 0 Å². The molecular weight excluding hydrogens is 276 g/mol. The summed E-state index contributed by atoms with van der Waals surface area (Å²) in [6, 6.07) is 7.69. The van der Waals surface area contributed by atoms with Crippen LogP contribution in [0.4, 0.5) is 0 Å². The Morgan fingerprint density at radius 1 is 1.40 bits per heavy atom. The SMILES string of the molecule is COc1ccccc1CCNC(=O)c1sc(=O)[nH]c1C. The van der Waals surface area contributed by atoms with Crippen LogP contribution < -0.4 is 14.9 Å². The van der Waals surface area contributed by atoms with E-state index in [2.05, 4.69) is 10.3 Å². The quantitative estimate of drug-likeness (QED) is 0.881. The van der Waals surface area contributed by atoms with Gasteiger partial charge in [0.15, 0.2) is 0 Å². The maximum atomic E-state index is 11.9. The Morgan fingerprint density at radius 2 is 2.15 bits per heavy atom. The van der Waals surface area contributed by atoms with Crippen LogP contribution in [0, 0.1) is 6.92 Å². The predicted octanol–water partition coefficient (Wildman–Crippen LogP) is 1.73. The maximum Gasteiger partial charge on any atom is 0.305 e. The number of thiazole rings is 1. The summed E-state index contributed by atoms with van der Waals surface area (Å²) in [6.45, 7) is 2.21. The minimum atomic E-state index is -0.222. The summed E-state index contributed by atoms with van der Waals surface area (Å²) < 4.78 is 5.25. The van der Waals surface area contributed by atoms with Gasteiger partial charge >= 0.3 is 4.87 Å². The highest BCUT2D eigenvalue weighted by atomic mass is 32.1. The standard InChI is InChI=1S/C14H16N2O3S/c1-9-12(20-14(18)16-9)13(17)15-8-7-10-5-3-4-6-11(10)19-2/h3-6H,7-8H2,1-2H3,(H,15,17)(H,16,18). The Hall–Kier alpha value is -2.08. The van der Waals surface area contributed by atoms with Gasteiger partial charge in [-0.15, -0.1) is 0 Å². The van der Waals surface area contributed by atoms with Crippen molar-refractivity contribution in [3.8, 4) is 5.75 Å². The molecule has 1 heterocycles. The molecule has 106 valence electrons. The zero-order valence-corrected chi connectivity index (χ0v) is 12.2. The third-order valence-electron chi connectivity index (χ3n) is 2.90. The summed E-state index contributed by atoms with van der Waals surface area (Å²) in [4.78, 5) is 25.9. The number of carbonyl (C=O) groups excluding carboxylic acids is 1. The molecule has 0 aliphatic rings. The molecular formula is C14H16N2O3S. The van der Waals surface area contributed by atoms with Crippen molar-refractivity contribution in [2.45, 2.75) is 13.3 Å². The first-order chi connectivity index (χ1) is 9.61. The van der Waals surface area contributed by atoms with Gasteiger partial charge in [0.2, 0.25) is 0 Å². The van der Waals surface area contributed by atoms with Gasteiger partial charge < -0.3 is 15.0 Å². The minimum Gasteiger partial charge on any atom is -0.496 e. The van der Waals surface area contributed by atoms with Crippen molar-refractivity contribution in [3.05, 3.63) is 50.1 Å². The average Bonchev–Trinajstić information content (AvgIpc) is 2.78. The molecule has 2 rings (SSSR count). The molecule has 0 saturated heterocycles. The lowest BCUT2D eigenvalue weighted by Crippen LogP contribution is -2.25. The average molecular weight is 292 g/mol. The summed E-state index contributed by atoms with van der Waals surface area (Å²) in [5.41, 5.74) is 1.64. The highest BCUT2D eigenvalue weighted by Crippen LogP contribution is 2.17. The number of benzene rings is 1. The lowest BCUT2D eigenvalue weighted by Gasteiger charge is -2.08. The van der Waals surface area contributed by atoms with Crippen LogP contribution in [0.15, 0.2) is 29.1 Å². The number of aromatic amines is 1. The van der Waals surface area contributed by atoms with Crippen LogP contribution in [-0.4, -0.2) is 24.5 Å². The molecule has 0 fully saturated rings. The van der Waals surface area contributed by atoms with Crippen LogP contribution in [0.1, 0.15) is 20.9 Å². The van der Waals surface area contributed by atoms with Crippen molar-refractivity contribution in [1.29, 1.82) is 0 Å². The molecule has 6 heteroatoms. The number of amides is 1. The van der Waals surface area contributed by atoms with Gasteiger partial charge in [0.25, 0.3) is 5.91 Å². The number of aromatic nitrogens is 1. The second-order valence-electron chi connectivity index (χ2n) is 4.29. The number of hydrogen-bond acceptors (Lipinski definition) is 4. The molecule has 1 amide bonds. The Bertz CT molecular complexity index is 660. The van der Waals surface area contributed by atoms with Crippen LogP contribution in [-0.2, 0) is 6.42 Å². The van der Waals surface area contributed by atoms with Crippen LogP contribution in [0.5, 0.6) is 5.75 Å². The van der Waals surface area contributed by atoms with Crippen molar-refractivity contribution in [2.75, 3.05) is 13.7 Å². The number of rotatable bonds is 5. The Labute approximate surface area is 120 Å². The molecule has 2 N–H and O–H groups in total. The lowest BCUT2D eigenvalue weighted by molar-refractivity contribution is 0.0957. The van der Waals surface area contributed by atoms with Crippen LogP contribution in [0.25, 0.3) is 0 Å². The fraction of sp³-hybridized carbons (Fsp3) is 0.286. The Balaban J connectivity index is 1.94. The number of carbonyl (C=O) groups is 1. The maximum absolute atomic E-state index is 11.9. The van der Waals surface area contributed by atoms with Crippen LogP contribution in [0.2, 0.25) is 0 Å². The summed E-state index contributed by atoms with van der Waals surface area (Å²) in [7, 11) is 1.62. The number of aryl methyl sites for hydroxylation is 1. The molecule has 0 unspecified atom stereocenters. The third kappa shape index (κ3) is 3.27. The zero-order chi connectivity index (χ0) is 14.5. The van der Waals surface area contributed by atoms with E-state index in [1.54, 1.807) is 14.0 Å². The van der Waals surface area contributed by atoms with Crippen molar-refractivity contribution in [1.82, 2.24) is 10.3 Å². The lowest BCUT2D eigenvalue weighted by atomic mass is 10.1. The van der Waals surface area contributed by atoms with Crippen LogP contribution in [0.3, 0.4) is 0 Å². The third-order valence-corrected chi connectivity index (χ3v) is 3.89. The largest absolute Gasteiger partial charge is 0.496 e. The highest BCUT2D eigenvalue weighted by molar-refractivity contribution is 7.11. The zero-order valence-electron chi connectivity index (χ0n) is 11.4. The smallest absolute Gasteiger partial charge is 0.305 e. The first-order valence-electron chi connectivity index (χ1n) is 6.21. The van der Waals surface area contributed by atoms with E-state index in [0.717, 1.165) is 22.6 Å². The first kappa shape index (κ1) is 14.3. The molecule has 20 heavy (non-hydrogen) atoms. The van der Waals surface area contributed by atoms with Crippen molar-refractivity contribution >= 4 is 17.2 Å². The molecule has 0 radical (unpaired) electrons.